The Labute approximate surface area is 136 Å². The zero-order valence-corrected chi connectivity index (χ0v) is 13.9. The number of hydrazine groups is 1. The predicted octanol–water partition coefficient (Wildman–Crippen LogP) is 2.63. The van der Waals surface area contributed by atoms with Crippen LogP contribution in [0.15, 0.2) is 64.0 Å². The number of anilines is 1. The number of hydrogen-bond acceptors (Lipinski definition) is 3. The standard InChI is InChI=1S/C13H12BrN3O2S2/c14-10-5-4-6-11(9-10)15-13(20)16-17-21(18,19)12-7-2-1-3-8-12/h1-9,17H,(H2,15,16,20). The summed E-state index contributed by atoms with van der Waals surface area (Å²) in [6.07, 6.45) is 0. The lowest BCUT2D eigenvalue weighted by atomic mass is 10.3. The van der Waals surface area contributed by atoms with Gasteiger partial charge in [0, 0.05) is 10.2 Å². The Morgan fingerprint density at radius 1 is 1.05 bits per heavy atom. The van der Waals surface area contributed by atoms with Gasteiger partial charge < -0.3 is 5.32 Å². The summed E-state index contributed by atoms with van der Waals surface area (Å²) in [6.45, 7) is 0. The largest absolute Gasteiger partial charge is 0.332 e. The van der Waals surface area contributed by atoms with Crippen molar-refractivity contribution in [2.75, 3.05) is 5.32 Å². The van der Waals surface area contributed by atoms with Crippen LogP contribution in [0, 0.1) is 0 Å². The Balaban J connectivity index is 1.95. The Bertz CT molecular complexity index is 736. The summed E-state index contributed by atoms with van der Waals surface area (Å²) in [7, 11) is -3.65. The van der Waals surface area contributed by atoms with E-state index in [1.165, 1.54) is 12.1 Å². The van der Waals surface area contributed by atoms with E-state index in [2.05, 4.69) is 31.5 Å². The SMILES string of the molecule is O=S(=O)(NNC(=S)Nc1cccc(Br)c1)c1ccccc1. The second kappa shape index (κ2) is 6.99. The van der Waals surface area contributed by atoms with Gasteiger partial charge in [0.15, 0.2) is 5.11 Å². The summed E-state index contributed by atoms with van der Waals surface area (Å²) >= 11 is 8.37. The van der Waals surface area contributed by atoms with Crippen LogP contribution in [0.5, 0.6) is 0 Å². The van der Waals surface area contributed by atoms with E-state index in [4.69, 9.17) is 12.2 Å². The van der Waals surface area contributed by atoms with Gasteiger partial charge in [0.05, 0.1) is 4.90 Å². The first kappa shape index (κ1) is 15.9. The molecule has 0 heterocycles. The van der Waals surface area contributed by atoms with Crippen molar-refractivity contribution >= 4 is 49.0 Å². The highest BCUT2D eigenvalue weighted by atomic mass is 79.9. The molecule has 0 unspecified atom stereocenters. The fourth-order valence-electron chi connectivity index (χ4n) is 1.50. The molecule has 0 amide bonds. The van der Waals surface area contributed by atoms with Crippen molar-refractivity contribution < 1.29 is 8.42 Å². The maximum atomic E-state index is 12.0. The number of benzene rings is 2. The first-order valence-corrected chi connectivity index (χ1v) is 8.55. The molecule has 2 rings (SSSR count). The minimum Gasteiger partial charge on any atom is -0.332 e. The molecule has 110 valence electrons. The molecule has 5 nitrogen and oxygen atoms in total. The molecule has 3 N–H and O–H groups in total. The summed E-state index contributed by atoms with van der Waals surface area (Å²) in [6, 6.07) is 15.4. The van der Waals surface area contributed by atoms with Crippen molar-refractivity contribution in [1.29, 1.82) is 0 Å². The van der Waals surface area contributed by atoms with Gasteiger partial charge in [-0.15, -0.1) is 4.83 Å². The maximum Gasteiger partial charge on any atom is 0.257 e. The molecule has 8 heteroatoms. The number of sulfonamides is 1. The average molecular weight is 386 g/mol. The van der Waals surface area contributed by atoms with Gasteiger partial charge in [-0.2, -0.15) is 0 Å². The third-order valence-corrected chi connectivity index (χ3v) is 4.40. The monoisotopic (exact) mass is 385 g/mol. The normalized spacial score (nSPS) is 10.9. The lowest BCUT2D eigenvalue weighted by molar-refractivity contribution is 0.578. The van der Waals surface area contributed by atoms with Crippen molar-refractivity contribution in [3.8, 4) is 0 Å². The lowest BCUT2D eigenvalue weighted by Gasteiger charge is -2.12. The highest BCUT2D eigenvalue weighted by Crippen LogP contribution is 2.15. The summed E-state index contributed by atoms with van der Waals surface area (Å²) in [5.41, 5.74) is 3.19. The lowest BCUT2D eigenvalue weighted by Crippen LogP contribution is -2.43. The Morgan fingerprint density at radius 2 is 1.76 bits per heavy atom. The summed E-state index contributed by atoms with van der Waals surface area (Å²) < 4.78 is 24.8. The average Bonchev–Trinajstić information content (AvgIpc) is 2.46. The molecule has 2 aromatic carbocycles. The van der Waals surface area contributed by atoms with E-state index in [0.717, 1.165) is 10.2 Å². The van der Waals surface area contributed by atoms with E-state index in [1.807, 2.05) is 24.3 Å². The molecule has 0 saturated heterocycles. The van der Waals surface area contributed by atoms with Crippen LogP contribution in [0.3, 0.4) is 0 Å². The molecule has 0 spiro atoms. The highest BCUT2D eigenvalue weighted by molar-refractivity contribution is 9.10. The molecule has 2 aromatic rings. The molecule has 0 aliphatic heterocycles. The van der Waals surface area contributed by atoms with Crippen molar-refractivity contribution in [1.82, 2.24) is 10.3 Å². The van der Waals surface area contributed by atoms with Crippen LogP contribution in [0.25, 0.3) is 0 Å². The second-order valence-corrected chi connectivity index (χ2v) is 7.01. The zero-order chi connectivity index (χ0) is 15.3. The van der Waals surface area contributed by atoms with E-state index in [0.29, 0.717) is 0 Å². The van der Waals surface area contributed by atoms with Gasteiger partial charge in [0.2, 0.25) is 0 Å². The number of nitrogens with one attached hydrogen (secondary N) is 3. The van der Waals surface area contributed by atoms with Crippen LogP contribution in [0.2, 0.25) is 0 Å². The fourth-order valence-corrected chi connectivity index (χ4v) is 3.00. The molecule has 0 aliphatic carbocycles. The Kier molecular flexibility index (Phi) is 5.29. The zero-order valence-electron chi connectivity index (χ0n) is 10.7. The van der Waals surface area contributed by atoms with Crippen LogP contribution in [0.1, 0.15) is 0 Å². The van der Waals surface area contributed by atoms with E-state index in [9.17, 15) is 8.42 Å². The van der Waals surface area contributed by atoms with Crippen molar-refractivity contribution in [3.05, 3.63) is 59.1 Å². The maximum absolute atomic E-state index is 12.0. The number of halogens is 1. The van der Waals surface area contributed by atoms with Gasteiger partial charge in [-0.1, -0.05) is 40.2 Å². The van der Waals surface area contributed by atoms with Gasteiger partial charge in [0.25, 0.3) is 10.0 Å². The van der Waals surface area contributed by atoms with Crippen LogP contribution >= 0.6 is 28.1 Å². The van der Waals surface area contributed by atoms with Crippen LogP contribution in [-0.2, 0) is 10.0 Å². The third kappa shape index (κ3) is 4.78. The molecule has 0 aliphatic rings. The molecule has 0 atom stereocenters. The minimum atomic E-state index is -3.65. The smallest absolute Gasteiger partial charge is 0.257 e. The van der Waals surface area contributed by atoms with Crippen LogP contribution < -0.4 is 15.6 Å². The van der Waals surface area contributed by atoms with E-state index < -0.39 is 10.0 Å². The minimum absolute atomic E-state index is 0.146. The molecule has 0 aromatic heterocycles. The quantitative estimate of drug-likeness (QED) is 0.557. The van der Waals surface area contributed by atoms with E-state index in [1.54, 1.807) is 18.2 Å². The van der Waals surface area contributed by atoms with Gasteiger partial charge in [-0.05, 0) is 42.5 Å². The first-order valence-electron chi connectivity index (χ1n) is 5.87. The molecule has 0 saturated carbocycles. The second-order valence-electron chi connectivity index (χ2n) is 4.01. The van der Waals surface area contributed by atoms with Gasteiger partial charge in [-0.3, -0.25) is 5.43 Å². The molecular weight excluding hydrogens is 374 g/mol. The molecule has 21 heavy (non-hydrogen) atoms. The third-order valence-electron chi connectivity index (χ3n) is 2.43. The van der Waals surface area contributed by atoms with Crippen molar-refractivity contribution in [2.45, 2.75) is 4.90 Å². The predicted molar refractivity (Wildman–Crippen MR) is 90.3 cm³/mol. The molecular formula is C13H12BrN3O2S2. The van der Waals surface area contributed by atoms with Crippen LogP contribution in [0.4, 0.5) is 5.69 Å². The first-order chi connectivity index (χ1) is 9.97. The van der Waals surface area contributed by atoms with Crippen molar-refractivity contribution in [2.24, 2.45) is 0 Å². The summed E-state index contributed by atoms with van der Waals surface area (Å²) in [5, 5.41) is 3.02. The molecule has 0 bridgehead atoms. The van der Waals surface area contributed by atoms with Gasteiger partial charge in [0.1, 0.15) is 0 Å². The number of thiocarbonyl (C=S) groups is 1. The van der Waals surface area contributed by atoms with Gasteiger partial charge >= 0.3 is 0 Å². The van der Waals surface area contributed by atoms with E-state index >= 15 is 0 Å². The fraction of sp³-hybridized carbons (Fsp3) is 0. The Morgan fingerprint density at radius 3 is 2.43 bits per heavy atom. The van der Waals surface area contributed by atoms with E-state index in [-0.39, 0.29) is 10.0 Å². The number of rotatable bonds is 4. The summed E-state index contributed by atoms with van der Waals surface area (Å²) in [4.78, 5) is 2.37. The molecule has 0 fully saturated rings. The summed E-state index contributed by atoms with van der Waals surface area (Å²) in [5.74, 6) is 0. The Hall–Kier alpha value is -1.48. The van der Waals surface area contributed by atoms with Crippen molar-refractivity contribution in [3.63, 3.8) is 0 Å². The molecule has 0 radical (unpaired) electrons. The number of hydrogen-bond donors (Lipinski definition) is 3. The van der Waals surface area contributed by atoms with Crippen LogP contribution in [-0.4, -0.2) is 13.5 Å². The highest BCUT2D eigenvalue weighted by Gasteiger charge is 2.13. The van der Waals surface area contributed by atoms with Gasteiger partial charge in [-0.25, -0.2) is 8.42 Å². The topological polar surface area (TPSA) is 70.2 Å².